The van der Waals surface area contributed by atoms with Crippen molar-refractivity contribution in [2.45, 2.75) is 21.9 Å². The molecule has 216 valence electrons. The number of anilines is 2. The van der Waals surface area contributed by atoms with E-state index in [-0.39, 0.29) is 26.7 Å². The molecule has 0 unspecified atom stereocenters. The quantitative estimate of drug-likeness (QED) is 0.277. The van der Waals surface area contributed by atoms with Gasteiger partial charge in [-0.1, -0.05) is 36.4 Å². The van der Waals surface area contributed by atoms with Gasteiger partial charge in [-0.3, -0.25) is 19.0 Å². The van der Waals surface area contributed by atoms with Gasteiger partial charge >= 0.3 is 0 Å². The average molecular weight is 625 g/mol. The first-order valence-corrected chi connectivity index (χ1v) is 17.4. The molecule has 2 N–H and O–H groups in total. The summed E-state index contributed by atoms with van der Waals surface area (Å²) in [5.41, 5.74) is 0.657. The maximum Gasteiger partial charge on any atom is 0.266 e. The number of hydrogen-bond acceptors (Lipinski definition) is 9. The Morgan fingerprint density at radius 3 is 1.86 bits per heavy atom. The number of nitrogens with one attached hydrogen (secondary N) is 1. The van der Waals surface area contributed by atoms with E-state index in [9.17, 15) is 30.4 Å². The zero-order valence-electron chi connectivity index (χ0n) is 21.8. The minimum absolute atomic E-state index is 0.0309. The lowest BCUT2D eigenvalue weighted by molar-refractivity contribution is 0.184. The summed E-state index contributed by atoms with van der Waals surface area (Å²) in [6.45, 7) is 0. The largest absolute Gasteiger partial charge is 0.390 e. The first kappa shape index (κ1) is 28.0. The van der Waals surface area contributed by atoms with Crippen LogP contribution in [0.1, 0.15) is 0 Å². The minimum atomic E-state index is -4.46. The predicted octanol–water partition coefficient (Wildman–Crippen LogP) is 2.94. The van der Waals surface area contributed by atoms with Gasteiger partial charge in [-0.2, -0.15) is 0 Å². The lowest BCUT2D eigenvalue weighted by Crippen LogP contribution is -2.47. The van der Waals surface area contributed by atoms with E-state index < -0.39 is 53.5 Å². The molecule has 3 aromatic carbocycles. The van der Waals surface area contributed by atoms with Gasteiger partial charge in [0.2, 0.25) is 0 Å². The van der Waals surface area contributed by atoms with Gasteiger partial charge in [0.1, 0.15) is 9.79 Å². The number of fused-ring (bicyclic) bond motifs is 2. The van der Waals surface area contributed by atoms with Crippen molar-refractivity contribution in [2.24, 2.45) is 0 Å². The summed E-state index contributed by atoms with van der Waals surface area (Å²) < 4.78 is 83.1. The van der Waals surface area contributed by atoms with Crippen LogP contribution in [0.15, 0.2) is 107 Å². The van der Waals surface area contributed by atoms with E-state index in [1.807, 2.05) is 0 Å². The molecule has 0 radical (unpaired) electrons. The second-order valence-corrected chi connectivity index (χ2v) is 15.4. The zero-order chi connectivity index (χ0) is 29.7. The Balaban J connectivity index is 1.41. The van der Waals surface area contributed by atoms with Gasteiger partial charge in [-0.05, 0) is 48.5 Å². The molecule has 1 fully saturated rings. The van der Waals surface area contributed by atoms with Crippen molar-refractivity contribution >= 4 is 63.1 Å². The number of aliphatic hydroxyl groups excluding tert-OH is 1. The van der Waals surface area contributed by atoms with Crippen LogP contribution >= 0.6 is 0 Å². The van der Waals surface area contributed by atoms with Crippen LogP contribution in [0.4, 0.5) is 11.4 Å². The summed E-state index contributed by atoms with van der Waals surface area (Å²) >= 11 is 0. The van der Waals surface area contributed by atoms with Crippen molar-refractivity contribution in [1.29, 1.82) is 0 Å². The second kappa shape index (κ2) is 10.3. The van der Waals surface area contributed by atoms with Gasteiger partial charge in [0.25, 0.3) is 20.0 Å². The van der Waals surface area contributed by atoms with Crippen LogP contribution in [0, 0.1) is 0 Å². The van der Waals surface area contributed by atoms with Crippen LogP contribution in [-0.4, -0.2) is 64.0 Å². The molecular weight excluding hydrogens is 601 g/mol. The predicted molar refractivity (Wildman–Crippen MR) is 159 cm³/mol. The third kappa shape index (κ3) is 5.06. The van der Waals surface area contributed by atoms with E-state index in [0.717, 1.165) is 4.31 Å². The van der Waals surface area contributed by atoms with Gasteiger partial charge in [0, 0.05) is 28.9 Å². The van der Waals surface area contributed by atoms with E-state index in [0.29, 0.717) is 16.3 Å². The second-order valence-electron chi connectivity index (χ2n) is 9.83. The van der Waals surface area contributed by atoms with Crippen molar-refractivity contribution in [1.82, 2.24) is 9.97 Å². The van der Waals surface area contributed by atoms with E-state index in [2.05, 4.69) is 14.7 Å². The first-order valence-electron chi connectivity index (χ1n) is 12.7. The summed E-state index contributed by atoms with van der Waals surface area (Å²) in [7, 11) is -12.3. The number of nitrogens with zero attached hydrogens (tertiary/aromatic N) is 3. The maximum atomic E-state index is 14.2. The van der Waals surface area contributed by atoms with Crippen LogP contribution in [-0.2, 0) is 29.9 Å². The molecule has 1 aliphatic rings. The molecule has 1 saturated heterocycles. The summed E-state index contributed by atoms with van der Waals surface area (Å²) in [5.74, 6) is -1.18. The number of aliphatic hydroxyl groups is 1. The number of benzene rings is 3. The molecule has 0 aliphatic carbocycles. The Bertz CT molecular complexity index is 2150. The fourth-order valence-corrected chi connectivity index (χ4v) is 10.1. The molecular formula is C28H24N4O7S3. The normalized spacial score (nSPS) is 18.7. The molecule has 5 aromatic rings. The van der Waals surface area contributed by atoms with Crippen molar-refractivity contribution in [2.75, 3.05) is 20.5 Å². The Labute approximate surface area is 242 Å². The monoisotopic (exact) mass is 624 g/mol. The Kier molecular flexibility index (Phi) is 6.88. The topological polar surface area (TPSA) is 164 Å². The molecule has 14 heteroatoms. The van der Waals surface area contributed by atoms with Crippen molar-refractivity contribution < 1.29 is 30.4 Å². The molecule has 11 nitrogen and oxygen atoms in total. The van der Waals surface area contributed by atoms with E-state index in [1.54, 1.807) is 48.5 Å². The first-order chi connectivity index (χ1) is 20.0. The van der Waals surface area contributed by atoms with E-state index in [4.69, 9.17) is 0 Å². The fraction of sp³-hybridized carbons (Fsp3) is 0.143. The zero-order valence-corrected chi connectivity index (χ0v) is 24.2. The molecule has 2 atom stereocenters. The van der Waals surface area contributed by atoms with Gasteiger partial charge < -0.3 is 5.11 Å². The van der Waals surface area contributed by atoms with E-state index >= 15 is 0 Å². The van der Waals surface area contributed by atoms with Crippen LogP contribution in [0.25, 0.3) is 21.8 Å². The van der Waals surface area contributed by atoms with Crippen molar-refractivity contribution in [3.8, 4) is 0 Å². The molecule has 0 bridgehead atoms. The third-order valence-corrected chi connectivity index (χ3v) is 12.0. The molecule has 6 rings (SSSR count). The Hall–Kier alpha value is -4.11. The van der Waals surface area contributed by atoms with Crippen LogP contribution < -0.4 is 9.03 Å². The maximum absolute atomic E-state index is 14.2. The summed E-state index contributed by atoms with van der Waals surface area (Å²) in [6, 6.07) is 20.3. The average Bonchev–Trinajstić information content (AvgIpc) is 3.24. The smallest absolute Gasteiger partial charge is 0.266 e. The molecule has 0 spiro atoms. The molecule has 2 aromatic heterocycles. The summed E-state index contributed by atoms with van der Waals surface area (Å²) in [6.07, 6.45) is 1.46. The summed E-state index contributed by atoms with van der Waals surface area (Å²) in [5, 5.41) is 11.9. The van der Waals surface area contributed by atoms with Gasteiger partial charge in [0.15, 0.2) is 9.84 Å². The molecule has 3 heterocycles. The number of sulfonamides is 2. The number of rotatable bonds is 7. The number of para-hydroxylation sites is 2. The highest BCUT2D eigenvalue weighted by Crippen LogP contribution is 2.34. The van der Waals surface area contributed by atoms with Crippen LogP contribution in [0.3, 0.4) is 0 Å². The number of aromatic nitrogens is 2. The summed E-state index contributed by atoms with van der Waals surface area (Å²) in [4.78, 5) is 8.24. The lowest BCUT2D eigenvalue weighted by atomic mass is 10.2. The lowest BCUT2D eigenvalue weighted by Gasteiger charge is -2.31. The number of hydrogen-bond donors (Lipinski definition) is 2. The highest BCUT2D eigenvalue weighted by atomic mass is 32.2. The molecule has 42 heavy (non-hydrogen) atoms. The Morgan fingerprint density at radius 2 is 1.29 bits per heavy atom. The van der Waals surface area contributed by atoms with Crippen molar-refractivity contribution in [3.05, 3.63) is 97.3 Å². The van der Waals surface area contributed by atoms with Crippen molar-refractivity contribution in [3.63, 3.8) is 0 Å². The highest BCUT2D eigenvalue weighted by Gasteiger charge is 2.45. The fourth-order valence-electron chi connectivity index (χ4n) is 5.11. The molecule has 0 saturated carbocycles. The number of sulfone groups is 1. The van der Waals surface area contributed by atoms with E-state index in [1.165, 1.54) is 48.8 Å². The van der Waals surface area contributed by atoms with Gasteiger partial charge in [-0.15, -0.1) is 0 Å². The number of pyridine rings is 2. The molecule has 1 aliphatic heterocycles. The minimum Gasteiger partial charge on any atom is -0.390 e. The molecule has 0 amide bonds. The van der Waals surface area contributed by atoms with Crippen LogP contribution in [0.5, 0.6) is 0 Å². The highest BCUT2D eigenvalue weighted by molar-refractivity contribution is 7.94. The van der Waals surface area contributed by atoms with Gasteiger partial charge in [0.05, 0.1) is 40.4 Å². The third-order valence-electron chi connectivity index (χ3n) is 6.99. The SMILES string of the molecule is O=S1(=O)C[C@@H](N(c2ccc(NS(=O)(=O)c3cccc4cccnc34)cc2)S(=O)(=O)c2cccc3cccnc23)[C@@H](O)C1. The standard InChI is InChI=1S/C28H24N4O7S3/c33-24-18-40(34,35)17-23(24)32(42(38,39)26-10-2-6-20-8-4-16-30-28(20)26)22-13-11-21(12-14-22)31-41(36,37)25-9-1-5-19-7-3-15-29-27(19)25/h1-16,23-24,31,33H,17-18H2/t23-,24+/m1/s1. The Morgan fingerprint density at radius 1 is 0.738 bits per heavy atom. The van der Waals surface area contributed by atoms with Gasteiger partial charge in [-0.25, -0.2) is 25.3 Å². The van der Waals surface area contributed by atoms with Crippen LogP contribution in [0.2, 0.25) is 0 Å².